The van der Waals surface area contributed by atoms with E-state index in [1.807, 2.05) is 31.2 Å². The predicted molar refractivity (Wildman–Crippen MR) is 147 cm³/mol. The first kappa shape index (κ1) is 23.7. The van der Waals surface area contributed by atoms with E-state index in [9.17, 15) is 9.59 Å². The van der Waals surface area contributed by atoms with Gasteiger partial charge in [0.2, 0.25) is 5.91 Å². The summed E-state index contributed by atoms with van der Waals surface area (Å²) in [6.45, 7) is 6.36. The van der Waals surface area contributed by atoms with E-state index in [-0.39, 0.29) is 5.91 Å². The van der Waals surface area contributed by atoms with Crippen LogP contribution in [-0.2, 0) is 6.54 Å². The third-order valence-corrected chi connectivity index (χ3v) is 8.17. The van der Waals surface area contributed by atoms with Crippen molar-refractivity contribution in [2.24, 2.45) is 5.41 Å². The van der Waals surface area contributed by atoms with Crippen molar-refractivity contribution in [2.45, 2.75) is 39.2 Å². The molecule has 1 aliphatic heterocycles. The van der Waals surface area contributed by atoms with Crippen molar-refractivity contribution in [3.8, 4) is 11.1 Å². The zero-order chi connectivity index (χ0) is 25.4. The monoisotopic (exact) mass is 495 g/mol. The summed E-state index contributed by atoms with van der Waals surface area (Å²) in [4.78, 5) is 31.0. The predicted octanol–water partition coefficient (Wildman–Crippen LogP) is 5.80. The van der Waals surface area contributed by atoms with E-state index in [4.69, 9.17) is 4.42 Å². The Labute approximate surface area is 217 Å². The van der Waals surface area contributed by atoms with Crippen molar-refractivity contribution in [3.63, 3.8) is 0 Å². The average molecular weight is 496 g/mol. The van der Waals surface area contributed by atoms with Gasteiger partial charge in [-0.1, -0.05) is 74.4 Å². The lowest BCUT2D eigenvalue weighted by Gasteiger charge is -2.36. The van der Waals surface area contributed by atoms with Crippen LogP contribution < -0.4 is 10.7 Å². The summed E-state index contributed by atoms with van der Waals surface area (Å²) in [5, 5.41) is 0. The van der Waals surface area contributed by atoms with E-state index in [1.54, 1.807) is 0 Å². The van der Waals surface area contributed by atoms with Crippen molar-refractivity contribution in [3.05, 3.63) is 88.9 Å². The van der Waals surface area contributed by atoms with E-state index < -0.39 is 11.2 Å². The molecule has 0 amide bonds. The molecule has 2 heterocycles. The van der Waals surface area contributed by atoms with Crippen LogP contribution in [0.25, 0.3) is 22.2 Å². The highest BCUT2D eigenvalue weighted by molar-refractivity contribution is 5.96. The molecule has 2 aliphatic rings. The van der Waals surface area contributed by atoms with Gasteiger partial charge < -0.3 is 9.32 Å². The number of carbonyl (C=O) groups is 1. The Morgan fingerprint density at radius 3 is 2.32 bits per heavy atom. The number of hydrogen-bond acceptors (Lipinski definition) is 5. The SMILES string of the molecule is CC1(C(=O)n2c(=O)oc3c(N4CCN(Cc5cccc(-c6ccccc6)c5)CC4)cccc32)CCCC1. The van der Waals surface area contributed by atoms with Gasteiger partial charge in [-0.15, -0.1) is 0 Å². The summed E-state index contributed by atoms with van der Waals surface area (Å²) in [5.41, 5.74) is 5.29. The second kappa shape index (κ2) is 9.67. The highest BCUT2D eigenvalue weighted by Gasteiger charge is 2.39. The third-order valence-electron chi connectivity index (χ3n) is 8.17. The van der Waals surface area contributed by atoms with Crippen LogP contribution in [0.5, 0.6) is 0 Å². The smallest absolute Gasteiger partial charge is 0.405 e. The number of fused-ring (bicyclic) bond motifs is 1. The molecule has 4 aromatic rings. The van der Waals surface area contributed by atoms with Gasteiger partial charge in [0.15, 0.2) is 5.58 Å². The topological polar surface area (TPSA) is 58.7 Å². The van der Waals surface area contributed by atoms with Crippen LogP contribution in [0, 0.1) is 5.41 Å². The van der Waals surface area contributed by atoms with E-state index in [0.29, 0.717) is 11.1 Å². The Kier molecular flexibility index (Phi) is 6.21. The molecule has 0 spiro atoms. The summed E-state index contributed by atoms with van der Waals surface area (Å²) in [5.74, 6) is -0.703. The summed E-state index contributed by atoms with van der Waals surface area (Å²) >= 11 is 0. The van der Waals surface area contributed by atoms with E-state index in [1.165, 1.54) is 21.3 Å². The Bertz CT molecular complexity index is 1470. The van der Waals surface area contributed by atoms with Crippen LogP contribution in [0.2, 0.25) is 0 Å². The van der Waals surface area contributed by atoms with Gasteiger partial charge in [-0.3, -0.25) is 9.69 Å². The fourth-order valence-electron chi connectivity index (χ4n) is 5.99. The van der Waals surface area contributed by atoms with Crippen molar-refractivity contribution in [1.82, 2.24) is 9.47 Å². The number of benzene rings is 3. The molecule has 1 saturated heterocycles. The fourth-order valence-corrected chi connectivity index (χ4v) is 5.99. The Hall–Kier alpha value is -3.64. The van der Waals surface area contributed by atoms with Crippen molar-refractivity contribution in [2.75, 3.05) is 31.1 Å². The summed E-state index contributed by atoms with van der Waals surface area (Å²) in [6.07, 6.45) is 3.69. The van der Waals surface area contributed by atoms with Gasteiger partial charge in [0.25, 0.3) is 0 Å². The normalized spacial score (nSPS) is 17.9. The fraction of sp³-hybridized carbons (Fsp3) is 0.355. The molecule has 190 valence electrons. The second-order valence-electron chi connectivity index (χ2n) is 10.7. The number of aromatic nitrogens is 1. The Morgan fingerprint density at radius 1 is 0.865 bits per heavy atom. The minimum absolute atomic E-state index is 0.131. The van der Waals surface area contributed by atoms with Gasteiger partial charge in [0, 0.05) is 38.1 Å². The highest BCUT2D eigenvalue weighted by atomic mass is 16.4. The standard InChI is InChI=1S/C31H33N3O3/c1-31(15-5-6-16-31)29(35)34-27-14-8-13-26(28(27)37-30(34)36)33-19-17-32(18-20-33)22-23-9-7-12-25(21-23)24-10-3-2-4-11-24/h2-4,7-14,21H,5-6,15-20,22H2,1H3. The van der Waals surface area contributed by atoms with Crippen LogP contribution in [0.15, 0.2) is 82.0 Å². The Morgan fingerprint density at radius 2 is 1.57 bits per heavy atom. The number of carbonyl (C=O) groups excluding carboxylic acids is 1. The van der Waals surface area contributed by atoms with Gasteiger partial charge in [-0.05, 0) is 47.7 Å². The second-order valence-corrected chi connectivity index (χ2v) is 10.7. The zero-order valence-electron chi connectivity index (χ0n) is 21.4. The maximum atomic E-state index is 13.4. The molecule has 0 atom stereocenters. The minimum Gasteiger partial charge on any atom is -0.405 e. The molecular weight excluding hydrogens is 462 g/mol. The largest absolute Gasteiger partial charge is 0.426 e. The molecule has 6 heteroatoms. The molecule has 0 unspecified atom stereocenters. The molecule has 1 aliphatic carbocycles. The van der Waals surface area contributed by atoms with E-state index in [2.05, 4.69) is 58.3 Å². The van der Waals surface area contributed by atoms with Crippen LogP contribution in [0.1, 0.15) is 43.0 Å². The molecule has 1 aromatic heterocycles. The number of anilines is 1. The molecule has 2 fully saturated rings. The van der Waals surface area contributed by atoms with Gasteiger partial charge >= 0.3 is 5.76 Å². The first-order valence-corrected chi connectivity index (χ1v) is 13.3. The number of nitrogens with zero attached hydrogens (tertiary/aromatic N) is 3. The van der Waals surface area contributed by atoms with E-state index in [0.717, 1.165) is 64.1 Å². The van der Waals surface area contributed by atoms with Gasteiger partial charge in [-0.2, -0.15) is 0 Å². The molecule has 6 rings (SSSR count). The lowest BCUT2D eigenvalue weighted by atomic mass is 9.87. The number of oxazole rings is 1. The highest BCUT2D eigenvalue weighted by Crippen LogP contribution is 2.39. The molecular formula is C31H33N3O3. The molecule has 0 N–H and O–H groups in total. The minimum atomic E-state index is -0.572. The third kappa shape index (κ3) is 4.51. The van der Waals surface area contributed by atoms with Crippen LogP contribution >= 0.6 is 0 Å². The summed E-state index contributed by atoms with van der Waals surface area (Å²) < 4.78 is 7.00. The van der Waals surface area contributed by atoms with Crippen LogP contribution in [0.3, 0.4) is 0 Å². The molecule has 1 saturated carbocycles. The Balaban J connectivity index is 1.18. The van der Waals surface area contributed by atoms with Crippen LogP contribution in [0.4, 0.5) is 5.69 Å². The van der Waals surface area contributed by atoms with Crippen molar-refractivity contribution in [1.29, 1.82) is 0 Å². The van der Waals surface area contributed by atoms with Gasteiger partial charge in [-0.25, -0.2) is 9.36 Å². The number of hydrogen-bond donors (Lipinski definition) is 0. The molecule has 0 radical (unpaired) electrons. The lowest BCUT2D eigenvalue weighted by molar-refractivity contribution is 0.0725. The van der Waals surface area contributed by atoms with Gasteiger partial charge in [0.1, 0.15) is 5.52 Å². The first-order valence-electron chi connectivity index (χ1n) is 13.3. The molecule has 0 bridgehead atoms. The number of piperazine rings is 1. The maximum absolute atomic E-state index is 13.4. The summed E-state index contributed by atoms with van der Waals surface area (Å²) in [6, 6.07) is 25.0. The van der Waals surface area contributed by atoms with E-state index >= 15 is 0 Å². The number of para-hydroxylation sites is 1. The first-order chi connectivity index (χ1) is 18.0. The van der Waals surface area contributed by atoms with Crippen molar-refractivity contribution < 1.29 is 9.21 Å². The average Bonchev–Trinajstić information content (AvgIpc) is 3.52. The zero-order valence-corrected chi connectivity index (χ0v) is 21.4. The number of rotatable bonds is 5. The molecule has 6 nitrogen and oxygen atoms in total. The quantitative estimate of drug-likeness (QED) is 0.350. The summed E-state index contributed by atoms with van der Waals surface area (Å²) in [7, 11) is 0. The molecule has 3 aromatic carbocycles. The lowest BCUT2D eigenvalue weighted by Crippen LogP contribution is -2.46. The van der Waals surface area contributed by atoms with Crippen LogP contribution in [-0.4, -0.2) is 41.6 Å². The molecule has 37 heavy (non-hydrogen) atoms. The maximum Gasteiger partial charge on any atom is 0.426 e. The van der Waals surface area contributed by atoms with Crippen molar-refractivity contribution >= 4 is 22.7 Å². The van der Waals surface area contributed by atoms with Gasteiger partial charge in [0.05, 0.1) is 5.69 Å².